The fourth-order valence-corrected chi connectivity index (χ4v) is 2.12. The smallest absolute Gasteiger partial charge is 0.189 e. The van der Waals surface area contributed by atoms with E-state index in [1.165, 1.54) is 0 Å². The highest BCUT2D eigenvalue weighted by molar-refractivity contribution is 6.15. The molecule has 2 aromatic carbocycles. The maximum Gasteiger partial charge on any atom is 0.189 e. The Bertz CT molecular complexity index is 576. The van der Waals surface area contributed by atoms with E-state index in [2.05, 4.69) is 13.5 Å². The van der Waals surface area contributed by atoms with Crippen LogP contribution < -0.4 is 0 Å². The molecule has 0 N–H and O–H groups in total. The van der Waals surface area contributed by atoms with Crippen molar-refractivity contribution in [3.05, 3.63) is 60.2 Å². The first-order valence-corrected chi connectivity index (χ1v) is 6.44. The lowest BCUT2D eigenvalue weighted by Gasteiger charge is -2.07. The average molecular weight is 238 g/mol. The molecule has 2 rings (SSSR count). The summed E-state index contributed by atoms with van der Waals surface area (Å²) >= 11 is 0. The summed E-state index contributed by atoms with van der Waals surface area (Å²) in [6.07, 6.45) is 2.90. The van der Waals surface area contributed by atoms with Gasteiger partial charge in [-0.3, -0.25) is 4.79 Å². The molecule has 1 heteroatoms. The predicted octanol–water partition coefficient (Wildman–Crippen LogP) is 4.77. The van der Waals surface area contributed by atoms with Crippen molar-refractivity contribution in [1.82, 2.24) is 0 Å². The largest absolute Gasteiger partial charge is 0.289 e. The molecule has 0 heterocycles. The van der Waals surface area contributed by atoms with Crippen LogP contribution in [0.1, 0.15) is 36.5 Å². The molecule has 0 saturated heterocycles. The second-order valence-corrected chi connectivity index (χ2v) is 4.56. The summed E-state index contributed by atoms with van der Waals surface area (Å²) < 4.78 is 0. The number of hydrogen-bond donors (Lipinski definition) is 0. The molecule has 0 amide bonds. The molecule has 0 aliphatic heterocycles. The summed E-state index contributed by atoms with van der Waals surface area (Å²) in [4.78, 5) is 12.4. The van der Waals surface area contributed by atoms with Gasteiger partial charge >= 0.3 is 0 Å². The van der Waals surface area contributed by atoms with E-state index in [-0.39, 0.29) is 5.78 Å². The van der Waals surface area contributed by atoms with E-state index in [1.54, 1.807) is 0 Å². The van der Waals surface area contributed by atoms with E-state index in [4.69, 9.17) is 0 Å². The van der Waals surface area contributed by atoms with Gasteiger partial charge in [-0.05, 0) is 29.2 Å². The van der Waals surface area contributed by atoms with E-state index in [0.717, 1.165) is 35.6 Å². The zero-order valence-electron chi connectivity index (χ0n) is 10.8. The highest BCUT2D eigenvalue weighted by atomic mass is 16.1. The first kappa shape index (κ1) is 12.6. The number of carbonyl (C=O) groups excluding carboxylic acids is 1. The number of Topliss-reactive ketones (excluding diaryl/α,β-unsaturated/α-hetero) is 1. The van der Waals surface area contributed by atoms with Gasteiger partial charge in [-0.2, -0.15) is 0 Å². The Kier molecular flexibility index (Phi) is 3.93. The van der Waals surface area contributed by atoms with E-state index < -0.39 is 0 Å². The van der Waals surface area contributed by atoms with Gasteiger partial charge in [0.1, 0.15) is 0 Å². The molecule has 0 aliphatic rings. The van der Waals surface area contributed by atoms with Crippen molar-refractivity contribution in [2.45, 2.75) is 26.2 Å². The van der Waals surface area contributed by atoms with Crippen LogP contribution in [-0.4, -0.2) is 5.78 Å². The standard InChI is InChI=1S/C17H18O/c1-3-4-8-13(2)17(18)16-12-7-10-14-9-5-6-11-15(14)16/h5-7,9-12H,2-4,8H2,1H3. The second kappa shape index (κ2) is 5.63. The summed E-state index contributed by atoms with van der Waals surface area (Å²) in [5, 5.41) is 2.12. The molecular weight excluding hydrogens is 220 g/mol. The number of hydrogen-bond acceptors (Lipinski definition) is 1. The fourth-order valence-electron chi connectivity index (χ4n) is 2.12. The molecule has 0 radical (unpaired) electrons. The summed E-state index contributed by atoms with van der Waals surface area (Å²) in [6, 6.07) is 13.8. The topological polar surface area (TPSA) is 17.1 Å². The number of allylic oxidation sites excluding steroid dienone is 1. The van der Waals surface area contributed by atoms with Crippen molar-refractivity contribution in [3.63, 3.8) is 0 Å². The summed E-state index contributed by atoms with van der Waals surface area (Å²) in [7, 11) is 0. The van der Waals surface area contributed by atoms with Crippen molar-refractivity contribution >= 4 is 16.6 Å². The quantitative estimate of drug-likeness (QED) is 0.541. The Morgan fingerprint density at radius 3 is 2.61 bits per heavy atom. The zero-order chi connectivity index (χ0) is 13.0. The lowest BCUT2D eigenvalue weighted by Crippen LogP contribution is -2.03. The van der Waals surface area contributed by atoms with Gasteiger partial charge in [0, 0.05) is 5.56 Å². The minimum absolute atomic E-state index is 0.0836. The van der Waals surface area contributed by atoms with Crippen molar-refractivity contribution in [2.75, 3.05) is 0 Å². The van der Waals surface area contributed by atoms with E-state index in [0.29, 0.717) is 5.57 Å². The maximum atomic E-state index is 12.4. The van der Waals surface area contributed by atoms with Crippen molar-refractivity contribution in [3.8, 4) is 0 Å². The first-order valence-electron chi connectivity index (χ1n) is 6.44. The first-order chi connectivity index (χ1) is 8.74. The molecule has 92 valence electrons. The van der Waals surface area contributed by atoms with Crippen LogP contribution in [-0.2, 0) is 0 Å². The Labute approximate surface area is 108 Å². The van der Waals surface area contributed by atoms with Gasteiger partial charge in [-0.1, -0.05) is 62.4 Å². The van der Waals surface area contributed by atoms with Crippen LogP contribution in [0.3, 0.4) is 0 Å². The average Bonchev–Trinajstić information content (AvgIpc) is 2.43. The Balaban J connectivity index is 2.36. The van der Waals surface area contributed by atoms with E-state index in [9.17, 15) is 4.79 Å². The third-order valence-electron chi connectivity index (χ3n) is 3.19. The minimum atomic E-state index is 0.0836. The van der Waals surface area contributed by atoms with Gasteiger partial charge in [0.25, 0.3) is 0 Å². The van der Waals surface area contributed by atoms with Gasteiger partial charge in [-0.15, -0.1) is 0 Å². The molecule has 2 aromatic rings. The Morgan fingerprint density at radius 1 is 1.11 bits per heavy atom. The van der Waals surface area contributed by atoms with Gasteiger partial charge in [0.05, 0.1) is 0 Å². The molecule has 0 aromatic heterocycles. The van der Waals surface area contributed by atoms with Gasteiger partial charge < -0.3 is 0 Å². The van der Waals surface area contributed by atoms with Gasteiger partial charge in [0.15, 0.2) is 5.78 Å². The highest BCUT2D eigenvalue weighted by Crippen LogP contribution is 2.22. The highest BCUT2D eigenvalue weighted by Gasteiger charge is 2.12. The van der Waals surface area contributed by atoms with Crippen LogP contribution >= 0.6 is 0 Å². The minimum Gasteiger partial charge on any atom is -0.289 e. The predicted molar refractivity (Wildman–Crippen MR) is 76.9 cm³/mol. The number of rotatable bonds is 5. The normalized spacial score (nSPS) is 10.5. The lowest BCUT2D eigenvalue weighted by molar-refractivity contribution is 0.103. The molecule has 0 spiro atoms. The second-order valence-electron chi connectivity index (χ2n) is 4.56. The number of unbranched alkanes of at least 4 members (excludes halogenated alkanes) is 1. The molecule has 1 nitrogen and oxygen atoms in total. The Morgan fingerprint density at radius 2 is 1.83 bits per heavy atom. The molecule has 0 unspecified atom stereocenters. The summed E-state index contributed by atoms with van der Waals surface area (Å²) in [5.41, 5.74) is 1.49. The fraction of sp³-hybridized carbons (Fsp3) is 0.235. The molecule has 0 fully saturated rings. The third-order valence-corrected chi connectivity index (χ3v) is 3.19. The summed E-state index contributed by atoms with van der Waals surface area (Å²) in [6.45, 7) is 6.05. The number of benzene rings is 2. The number of fused-ring (bicyclic) bond motifs is 1. The molecule has 0 atom stereocenters. The van der Waals surface area contributed by atoms with Gasteiger partial charge in [-0.25, -0.2) is 0 Å². The van der Waals surface area contributed by atoms with Crippen molar-refractivity contribution in [2.24, 2.45) is 0 Å². The van der Waals surface area contributed by atoms with E-state index >= 15 is 0 Å². The zero-order valence-corrected chi connectivity index (χ0v) is 10.8. The van der Waals surface area contributed by atoms with Crippen LogP contribution in [0.4, 0.5) is 0 Å². The van der Waals surface area contributed by atoms with Crippen LogP contribution in [0.5, 0.6) is 0 Å². The van der Waals surface area contributed by atoms with Crippen LogP contribution in [0.25, 0.3) is 10.8 Å². The summed E-state index contributed by atoms with van der Waals surface area (Å²) in [5.74, 6) is 0.0836. The SMILES string of the molecule is C=C(CCCC)C(=O)c1cccc2ccccc12. The van der Waals surface area contributed by atoms with Crippen molar-refractivity contribution < 1.29 is 4.79 Å². The third kappa shape index (κ3) is 2.51. The van der Waals surface area contributed by atoms with E-state index in [1.807, 2.05) is 42.5 Å². The number of ketones is 1. The van der Waals surface area contributed by atoms with Crippen LogP contribution in [0, 0.1) is 0 Å². The van der Waals surface area contributed by atoms with Crippen LogP contribution in [0.15, 0.2) is 54.6 Å². The maximum absolute atomic E-state index is 12.4. The van der Waals surface area contributed by atoms with Gasteiger partial charge in [0.2, 0.25) is 0 Å². The molecular formula is C17H18O. The van der Waals surface area contributed by atoms with Crippen LogP contribution in [0.2, 0.25) is 0 Å². The molecule has 0 saturated carbocycles. The Hall–Kier alpha value is -1.89. The monoisotopic (exact) mass is 238 g/mol. The molecule has 0 aliphatic carbocycles. The molecule has 18 heavy (non-hydrogen) atoms. The van der Waals surface area contributed by atoms with Crippen molar-refractivity contribution in [1.29, 1.82) is 0 Å². The lowest BCUT2D eigenvalue weighted by atomic mass is 9.95. The molecule has 0 bridgehead atoms. The number of carbonyl (C=O) groups is 1.